The van der Waals surface area contributed by atoms with Crippen LogP contribution in [-0.4, -0.2) is 20.3 Å². The SMILES string of the molecule is CNC(CC1CCCC1)c1ccc2c(c1)OCC(C)CO2. The molecule has 0 aromatic heterocycles. The second-order valence-electron chi connectivity index (χ2n) is 6.66. The summed E-state index contributed by atoms with van der Waals surface area (Å²) in [5.41, 5.74) is 1.32. The van der Waals surface area contributed by atoms with E-state index in [1.807, 2.05) is 0 Å². The fraction of sp³-hybridized carbons (Fsp3) is 0.667. The first-order valence-electron chi connectivity index (χ1n) is 8.33. The zero-order valence-electron chi connectivity index (χ0n) is 13.2. The van der Waals surface area contributed by atoms with Crippen molar-refractivity contribution >= 4 is 0 Å². The van der Waals surface area contributed by atoms with Gasteiger partial charge in [-0.25, -0.2) is 0 Å². The molecular weight excluding hydrogens is 262 g/mol. The molecule has 1 fully saturated rings. The van der Waals surface area contributed by atoms with Gasteiger partial charge >= 0.3 is 0 Å². The largest absolute Gasteiger partial charge is 0.489 e. The van der Waals surface area contributed by atoms with Crippen LogP contribution in [0.4, 0.5) is 0 Å². The van der Waals surface area contributed by atoms with Crippen molar-refractivity contribution in [2.24, 2.45) is 11.8 Å². The Labute approximate surface area is 128 Å². The highest BCUT2D eigenvalue weighted by Crippen LogP contribution is 2.37. The summed E-state index contributed by atoms with van der Waals surface area (Å²) < 4.78 is 11.7. The van der Waals surface area contributed by atoms with Crippen LogP contribution in [0.2, 0.25) is 0 Å². The van der Waals surface area contributed by atoms with Gasteiger partial charge in [0.15, 0.2) is 11.5 Å². The van der Waals surface area contributed by atoms with Crippen molar-refractivity contribution in [1.82, 2.24) is 5.32 Å². The summed E-state index contributed by atoms with van der Waals surface area (Å²) in [5, 5.41) is 3.48. The molecule has 2 atom stereocenters. The maximum Gasteiger partial charge on any atom is 0.161 e. The maximum absolute atomic E-state index is 5.91. The van der Waals surface area contributed by atoms with E-state index in [2.05, 4.69) is 37.5 Å². The van der Waals surface area contributed by atoms with Crippen LogP contribution in [0.1, 0.15) is 50.6 Å². The van der Waals surface area contributed by atoms with Crippen LogP contribution >= 0.6 is 0 Å². The summed E-state index contributed by atoms with van der Waals surface area (Å²) in [6.45, 7) is 3.64. The summed E-state index contributed by atoms with van der Waals surface area (Å²) in [7, 11) is 2.06. The molecule has 21 heavy (non-hydrogen) atoms. The van der Waals surface area contributed by atoms with Crippen LogP contribution in [0.3, 0.4) is 0 Å². The molecule has 1 saturated carbocycles. The molecule has 116 valence electrons. The van der Waals surface area contributed by atoms with Gasteiger partial charge in [0, 0.05) is 12.0 Å². The fourth-order valence-electron chi connectivity index (χ4n) is 3.49. The summed E-state index contributed by atoms with van der Waals surface area (Å²) in [6, 6.07) is 6.85. The van der Waals surface area contributed by atoms with Crippen molar-refractivity contribution in [1.29, 1.82) is 0 Å². The van der Waals surface area contributed by atoms with Gasteiger partial charge in [0.2, 0.25) is 0 Å². The highest BCUT2D eigenvalue weighted by Gasteiger charge is 2.22. The number of nitrogens with one attached hydrogen (secondary N) is 1. The van der Waals surface area contributed by atoms with Crippen molar-refractivity contribution in [3.05, 3.63) is 23.8 Å². The summed E-state index contributed by atoms with van der Waals surface area (Å²) in [5.74, 6) is 3.11. The lowest BCUT2D eigenvalue weighted by atomic mass is 9.93. The maximum atomic E-state index is 5.91. The van der Waals surface area contributed by atoms with Crippen molar-refractivity contribution in [3.63, 3.8) is 0 Å². The van der Waals surface area contributed by atoms with Crippen LogP contribution in [0.25, 0.3) is 0 Å². The molecule has 0 amide bonds. The molecule has 3 heteroatoms. The van der Waals surface area contributed by atoms with Crippen molar-refractivity contribution < 1.29 is 9.47 Å². The van der Waals surface area contributed by atoms with E-state index in [9.17, 15) is 0 Å². The van der Waals surface area contributed by atoms with E-state index < -0.39 is 0 Å². The van der Waals surface area contributed by atoms with Gasteiger partial charge < -0.3 is 14.8 Å². The van der Waals surface area contributed by atoms with Crippen LogP contribution in [0.5, 0.6) is 11.5 Å². The molecule has 2 aliphatic rings. The smallest absolute Gasteiger partial charge is 0.161 e. The quantitative estimate of drug-likeness (QED) is 0.911. The molecule has 2 unspecified atom stereocenters. The molecule has 0 radical (unpaired) electrons. The molecular formula is C18H27NO2. The number of ether oxygens (including phenoxy) is 2. The molecule has 1 aliphatic carbocycles. The van der Waals surface area contributed by atoms with Crippen LogP contribution < -0.4 is 14.8 Å². The van der Waals surface area contributed by atoms with E-state index in [4.69, 9.17) is 9.47 Å². The van der Waals surface area contributed by atoms with Crippen LogP contribution in [-0.2, 0) is 0 Å². The highest BCUT2D eigenvalue weighted by atomic mass is 16.5. The van der Waals surface area contributed by atoms with E-state index >= 15 is 0 Å². The molecule has 1 N–H and O–H groups in total. The average molecular weight is 289 g/mol. The van der Waals surface area contributed by atoms with Gasteiger partial charge in [0.05, 0.1) is 13.2 Å². The lowest BCUT2D eigenvalue weighted by Gasteiger charge is -2.21. The topological polar surface area (TPSA) is 30.5 Å². The van der Waals surface area contributed by atoms with Gasteiger partial charge in [-0.15, -0.1) is 0 Å². The average Bonchev–Trinajstić information content (AvgIpc) is 2.95. The number of benzene rings is 1. The monoisotopic (exact) mass is 289 g/mol. The molecule has 3 nitrogen and oxygen atoms in total. The lowest BCUT2D eigenvalue weighted by molar-refractivity contribution is 0.228. The second-order valence-corrected chi connectivity index (χ2v) is 6.66. The van der Waals surface area contributed by atoms with E-state index in [-0.39, 0.29) is 0 Å². The van der Waals surface area contributed by atoms with E-state index in [0.717, 1.165) is 30.6 Å². The van der Waals surface area contributed by atoms with Gasteiger partial charge in [-0.1, -0.05) is 38.7 Å². The Bertz CT molecular complexity index is 468. The summed E-state index contributed by atoms with van der Waals surface area (Å²) in [6.07, 6.45) is 6.81. The zero-order valence-corrected chi connectivity index (χ0v) is 13.2. The molecule has 1 heterocycles. The Morgan fingerprint density at radius 3 is 2.57 bits per heavy atom. The third kappa shape index (κ3) is 3.52. The minimum Gasteiger partial charge on any atom is -0.489 e. The van der Waals surface area contributed by atoms with Crippen molar-refractivity contribution in [2.75, 3.05) is 20.3 Å². The lowest BCUT2D eigenvalue weighted by Crippen LogP contribution is -2.19. The zero-order chi connectivity index (χ0) is 14.7. The van der Waals surface area contributed by atoms with Crippen LogP contribution in [0, 0.1) is 11.8 Å². The predicted molar refractivity (Wildman–Crippen MR) is 85.0 cm³/mol. The van der Waals surface area contributed by atoms with E-state index in [1.165, 1.54) is 37.7 Å². The Hall–Kier alpha value is -1.22. The summed E-state index contributed by atoms with van der Waals surface area (Å²) >= 11 is 0. The molecule has 0 saturated heterocycles. The predicted octanol–water partition coefficient (Wildman–Crippen LogP) is 3.93. The van der Waals surface area contributed by atoms with Gasteiger partial charge in [-0.3, -0.25) is 0 Å². The molecule has 1 aromatic rings. The van der Waals surface area contributed by atoms with E-state index in [1.54, 1.807) is 0 Å². The van der Waals surface area contributed by atoms with E-state index in [0.29, 0.717) is 12.0 Å². The molecule has 0 bridgehead atoms. The Morgan fingerprint density at radius 1 is 1.14 bits per heavy atom. The highest BCUT2D eigenvalue weighted by molar-refractivity contribution is 5.44. The van der Waals surface area contributed by atoms with Crippen molar-refractivity contribution in [2.45, 2.75) is 45.1 Å². The Kier molecular flexibility index (Phi) is 4.69. The number of rotatable bonds is 4. The standard InChI is InChI=1S/C18H27NO2/c1-13-11-20-17-8-7-15(10-18(17)21-12-13)16(19-2)9-14-5-3-4-6-14/h7-8,10,13-14,16,19H,3-6,9,11-12H2,1-2H3. The van der Waals surface area contributed by atoms with Gasteiger partial charge in [0.1, 0.15) is 0 Å². The summed E-state index contributed by atoms with van der Waals surface area (Å²) in [4.78, 5) is 0. The van der Waals surface area contributed by atoms with Gasteiger partial charge in [0.25, 0.3) is 0 Å². The second kappa shape index (κ2) is 6.69. The first-order valence-corrected chi connectivity index (χ1v) is 8.33. The number of fused-ring (bicyclic) bond motifs is 1. The van der Waals surface area contributed by atoms with Crippen molar-refractivity contribution in [3.8, 4) is 11.5 Å². The van der Waals surface area contributed by atoms with Crippen LogP contribution in [0.15, 0.2) is 18.2 Å². The molecule has 3 rings (SSSR count). The Morgan fingerprint density at radius 2 is 1.86 bits per heavy atom. The third-order valence-electron chi connectivity index (χ3n) is 4.81. The molecule has 1 aromatic carbocycles. The van der Waals surface area contributed by atoms with Gasteiger partial charge in [-0.05, 0) is 37.1 Å². The fourth-order valence-corrected chi connectivity index (χ4v) is 3.49. The first kappa shape index (κ1) is 14.7. The minimum absolute atomic E-state index is 0.419. The number of hydrogen-bond donors (Lipinski definition) is 1. The molecule has 1 aliphatic heterocycles. The third-order valence-corrected chi connectivity index (χ3v) is 4.81. The van der Waals surface area contributed by atoms with Gasteiger partial charge in [-0.2, -0.15) is 0 Å². The number of hydrogen-bond acceptors (Lipinski definition) is 3. The minimum atomic E-state index is 0.419. The molecule has 0 spiro atoms. The Balaban J connectivity index is 1.74. The first-order chi connectivity index (χ1) is 10.3. The normalized spacial score (nSPS) is 23.8.